The van der Waals surface area contributed by atoms with Crippen LogP contribution in [0.2, 0.25) is 0 Å². The Balaban J connectivity index is 1.92. The summed E-state index contributed by atoms with van der Waals surface area (Å²) in [4.78, 5) is 38.0. The first-order valence-corrected chi connectivity index (χ1v) is 8.17. The number of carbonyl (C=O) groups excluding carboxylic acids is 3. The van der Waals surface area contributed by atoms with Gasteiger partial charge in [-0.05, 0) is 35.9 Å². The largest absolute Gasteiger partial charge is 0.352 e. The van der Waals surface area contributed by atoms with E-state index in [0.29, 0.717) is 29.9 Å². The highest BCUT2D eigenvalue weighted by Gasteiger charge is 2.34. The molecule has 0 saturated carbocycles. The van der Waals surface area contributed by atoms with Crippen LogP contribution in [0, 0.1) is 5.82 Å². The van der Waals surface area contributed by atoms with Crippen molar-refractivity contribution in [3.63, 3.8) is 0 Å². The molecule has 1 fully saturated rings. The Labute approximate surface area is 150 Å². The molecule has 134 valence electrons. The first kappa shape index (κ1) is 17.6. The van der Waals surface area contributed by atoms with Crippen LogP contribution in [0.4, 0.5) is 10.1 Å². The van der Waals surface area contributed by atoms with Gasteiger partial charge in [0.05, 0.1) is 0 Å². The van der Waals surface area contributed by atoms with Gasteiger partial charge >= 0.3 is 0 Å². The molecule has 0 aliphatic carbocycles. The van der Waals surface area contributed by atoms with Gasteiger partial charge < -0.3 is 15.5 Å². The molecular formula is C19H18FN3O3. The van der Waals surface area contributed by atoms with Crippen LogP contribution >= 0.6 is 0 Å². The molecule has 3 rings (SSSR count). The summed E-state index contributed by atoms with van der Waals surface area (Å²) >= 11 is 0. The highest BCUT2D eigenvalue weighted by Crippen LogP contribution is 2.26. The van der Waals surface area contributed by atoms with Gasteiger partial charge in [0.1, 0.15) is 11.9 Å². The standard InChI is InChI=1S/C19H18FN3O3/c1-12(24)22-16-4-2-3-14(11-16)19(26)23-10-9-21-18(25)17(23)13-5-7-15(20)8-6-13/h2-8,11,17H,9-10H2,1H3,(H,21,25)(H,22,24). The van der Waals surface area contributed by atoms with Crippen molar-refractivity contribution in [1.82, 2.24) is 10.2 Å². The average molecular weight is 355 g/mol. The van der Waals surface area contributed by atoms with E-state index >= 15 is 0 Å². The number of benzene rings is 2. The molecule has 26 heavy (non-hydrogen) atoms. The zero-order valence-corrected chi connectivity index (χ0v) is 14.2. The molecule has 2 aromatic carbocycles. The molecule has 1 saturated heterocycles. The molecule has 2 N–H and O–H groups in total. The lowest BCUT2D eigenvalue weighted by Crippen LogP contribution is -2.52. The summed E-state index contributed by atoms with van der Waals surface area (Å²) in [6.07, 6.45) is 0. The topological polar surface area (TPSA) is 78.5 Å². The summed E-state index contributed by atoms with van der Waals surface area (Å²) < 4.78 is 13.2. The van der Waals surface area contributed by atoms with Crippen molar-refractivity contribution in [3.8, 4) is 0 Å². The maximum Gasteiger partial charge on any atom is 0.254 e. The number of carbonyl (C=O) groups is 3. The van der Waals surface area contributed by atoms with Crippen LogP contribution in [0.3, 0.4) is 0 Å². The lowest BCUT2D eigenvalue weighted by Gasteiger charge is -2.35. The lowest BCUT2D eigenvalue weighted by atomic mass is 10.0. The molecule has 7 heteroatoms. The van der Waals surface area contributed by atoms with Crippen LogP contribution in [0.5, 0.6) is 0 Å². The molecule has 0 aromatic heterocycles. The Morgan fingerprint density at radius 2 is 1.92 bits per heavy atom. The number of rotatable bonds is 3. The normalized spacial score (nSPS) is 16.8. The predicted molar refractivity (Wildman–Crippen MR) is 93.9 cm³/mol. The van der Waals surface area contributed by atoms with Crippen molar-refractivity contribution in [2.75, 3.05) is 18.4 Å². The van der Waals surface area contributed by atoms with E-state index in [1.165, 1.54) is 36.1 Å². The molecule has 6 nitrogen and oxygen atoms in total. The van der Waals surface area contributed by atoms with E-state index < -0.39 is 11.9 Å². The minimum atomic E-state index is -0.832. The first-order chi connectivity index (χ1) is 12.5. The summed E-state index contributed by atoms with van der Waals surface area (Å²) in [6, 6.07) is 11.2. The molecule has 1 aliphatic heterocycles. The van der Waals surface area contributed by atoms with Crippen LogP contribution in [0.15, 0.2) is 48.5 Å². The van der Waals surface area contributed by atoms with Crippen molar-refractivity contribution < 1.29 is 18.8 Å². The fraction of sp³-hybridized carbons (Fsp3) is 0.211. The summed E-state index contributed by atoms with van der Waals surface area (Å²) in [5, 5.41) is 5.37. The SMILES string of the molecule is CC(=O)Nc1cccc(C(=O)N2CCNC(=O)C2c2ccc(F)cc2)c1. The van der Waals surface area contributed by atoms with Crippen molar-refractivity contribution in [1.29, 1.82) is 0 Å². The molecule has 1 unspecified atom stereocenters. The van der Waals surface area contributed by atoms with Gasteiger partial charge in [-0.15, -0.1) is 0 Å². The number of nitrogens with one attached hydrogen (secondary N) is 2. The van der Waals surface area contributed by atoms with Crippen molar-refractivity contribution in [3.05, 3.63) is 65.5 Å². The number of halogens is 1. The second-order valence-corrected chi connectivity index (χ2v) is 6.01. The minimum absolute atomic E-state index is 0.240. The molecule has 0 spiro atoms. The van der Waals surface area contributed by atoms with Crippen LogP contribution in [0.25, 0.3) is 0 Å². The molecule has 3 amide bonds. The van der Waals surface area contributed by atoms with Gasteiger partial charge in [-0.2, -0.15) is 0 Å². The summed E-state index contributed by atoms with van der Waals surface area (Å²) in [5.74, 6) is -1.29. The zero-order chi connectivity index (χ0) is 18.7. The van der Waals surface area contributed by atoms with Gasteiger partial charge in [0.2, 0.25) is 11.8 Å². The number of anilines is 1. The number of hydrogen-bond donors (Lipinski definition) is 2. The molecular weight excluding hydrogens is 337 g/mol. The summed E-state index contributed by atoms with van der Waals surface area (Å²) in [7, 11) is 0. The van der Waals surface area contributed by atoms with Crippen molar-refractivity contribution >= 4 is 23.4 Å². The van der Waals surface area contributed by atoms with E-state index in [2.05, 4.69) is 10.6 Å². The first-order valence-electron chi connectivity index (χ1n) is 8.17. The Morgan fingerprint density at radius 3 is 2.62 bits per heavy atom. The highest BCUT2D eigenvalue weighted by atomic mass is 19.1. The van der Waals surface area contributed by atoms with E-state index in [-0.39, 0.29) is 17.7 Å². The molecule has 0 bridgehead atoms. The average Bonchev–Trinajstić information content (AvgIpc) is 2.61. The van der Waals surface area contributed by atoms with E-state index in [1.54, 1.807) is 24.3 Å². The van der Waals surface area contributed by atoms with Gasteiger partial charge in [0, 0.05) is 31.3 Å². The minimum Gasteiger partial charge on any atom is -0.352 e. The Kier molecular flexibility index (Phi) is 4.97. The number of nitrogens with zero attached hydrogens (tertiary/aromatic N) is 1. The van der Waals surface area contributed by atoms with Crippen LogP contribution < -0.4 is 10.6 Å². The van der Waals surface area contributed by atoms with Crippen LogP contribution in [-0.2, 0) is 9.59 Å². The third-order valence-corrected chi connectivity index (χ3v) is 4.09. The van der Waals surface area contributed by atoms with Crippen LogP contribution in [0.1, 0.15) is 28.9 Å². The molecule has 2 aromatic rings. The van der Waals surface area contributed by atoms with Gasteiger partial charge in [0.15, 0.2) is 0 Å². The fourth-order valence-corrected chi connectivity index (χ4v) is 2.96. The molecule has 1 atom stereocenters. The zero-order valence-electron chi connectivity index (χ0n) is 14.2. The maximum absolute atomic E-state index is 13.2. The fourth-order valence-electron chi connectivity index (χ4n) is 2.96. The summed E-state index contributed by atoms with van der Waals surface area (Å²) in [6.45, 7) is 2.05. The van der Waals surface area contributed by atoms with E-state index in [1.807, 2.05) is 0 Å². The molecule has 0 radical (unpaired) electrons. The Bertz CT molecular complexity index is 851. The van der Waals surface area contributed by atoms with Gasteiger partial charge in [-0.3, -0.25) is 14.4 Å². The third-order valence-electron chi connectivity index (χ3n) is 4.09. The second-order valence-electron chi connectivity index (χ2n) is 6.01. The van der Waals surface area contributed by atoms with E-state index in [9.17, 15) is 18.8 Å². The Hall–Kier alpha value is -3.22. The highest BCUT2D eigenvalue weighted by molar-refractivity contribution is 6.00. The van der Waals surface area contributed by atoms with Crippen molar-refractivity contribution in [2.45, 2.75) is 13.0 Å². The second kappa shape index (κ2) is 7.35. The van der Waals surface area contributed by atoms with Gasteiger partial charge in [-0.1, -0.05) is 18.2 Å². The number of amides is 3. The van der Waals surface area contributed by atoms with Crippen molar-refractivity contribution in [2.24, 2.45) is 0 Å². The van der Waals surface area contributed by atoms with Crippen LogP contribution in [-0.4, -0.2) is 35.7 Å². The molecule has 1 aliphatic rings. The number of hydrogen-bond acceptors (Lipinski definition) is 3. The van der Waals surface area contributed by atoms with E-state index in [4.69, 9.17) is 0 Å². The maximum atomic E-state index is 13.2. The van der Waals surface area contributed by atoms with E-state index in [0.717, 1.165) is 0 Å². The lowest BCUT2D eigenvalue weighted by molar-refractivity contribution is -0.128. The quantitative estimate of drug-likeness (QED) is 0.885. The smallest absolute Gasteiger partial charge is 0.254 e. The third kappa shape index (κ3) is 3.72. The van der Waals surface area contributed by atoms with Gasteiger partial charge in [0.25, 0.3) is 5.91 Å². The molecule has 1 heterocycles. The Morgan fingerprint density at radius 1 is 1.19 bits per heavy atom. The van der Waals surface area contributed by atoms with Gasteiger partial charge in [-0.25, -0.2) is 4.39 Å². The monoisotopic (exact) mass is 355 g/mol. The number of piperazine rings is 1. The predicted octanol–water partition coefficient (Wildman–Crippen LogP) is 2.10. The summed E-state index contributed by atoms with van der Waals surface area (Å²) in [5.41, 5.74) is 1.40.